The van der Waals surface area contributed by atoms with Crippen LogP contribution < -0.4 is 16.0 Å². The number of nitrogens with two attached hydrogens (primary N) is 1. The smallest absolute Gasteiger partial charge is 0.223 e. The van der Waals surface area contributed by atoms with Crippen molar-refractivity contribution in [2.24, 2.45) is 0 Å². The monoisotopic (exact) mass is 266 g/mol. The molecule has 7 nitrogen and oxygen atoms in total. The molecule has 0 amide bonds. The van der Waals surface area contributed by atoms with Gasteiger partial charge in [-0.2, -0.15) is 4.98 Å². The lowest BCUT2D eigenvalue weighted by atomic mass is 10.2. The predicted molar refractivity (Wildman–Crippen MR) is 70.7 cm³/mol. The van der Waals surface area contributed by atoms with Crippen LogP contribution in [0.3, 0.4) is 0 Å². The van der Waals surface area contributed by atoms with E-state index >= 15 is 0 Å². The Bertz CT molecular complexity index is 558. The van der Waals surface area contributed by atoms with E-state index in [1.54, 1.807) is 5.51 Å². The minimum absolute atomic E-state index is 0.00190. The van der Waals surface area contributed by atoms with E-state index in [-0.39, 0.29) is 18.6 Å². The molecule has 1 aliphatic heterocycles. The largest absolute Gasteiger partial charge is 0.394 e. The Hall–Kier alpha value is -1.51. The molecule has 3 heterocycles. The zero-order valence-corrected chi connectivity index (χ0v) is 10.5. The number of piperazine rings is 1. The van der Waals surface area contributed by atoms with Crippen LogP contribution in [-0.4, -0.2) is 52.3 Å². The first-order valence-corrected chi connectivity index (χ1v) is 6.62. The summed E-state index contributed by atoms with van der Waals surface area (Å²) in [5.41, 5.74) is 8.22. The van der Waals surface area contributed by atoms with E-state index in [1.165, 1.54) is 11.3 Å². The molecule has 2 aromatic heterocycles. The maximum Gasteiger partial charge on any atom is 0.223 e. The third-order valence-corrected chi connectivity index (χ3v) is 3.75. The Morgan fingerprint density at radius 3 is 3.28 bits per heavy atom. The van der Waals surface area contributed by atoms with E-state index in [9.17, 15) is 5.11 Å². The minimum atomic E-state index is -0.00190. The van der Waals surface area contributed by atoms with Crippen molar-refractivity contribution in [2.75, 3.05) is 36.9 Å². The number of nitrogens with zero attached hydrogens (tertiary/aromatic N) is 4. The van der Waals surface area contributed by atoms with Gasteiger partial charge in [0.15, 0.2) is 10.6 Å². The fraction of sp³-hybridized carbons (Fsp3) is 0.500. The molecule has 0 unspecified atom stereocenters. The fourth-order valence-electron chi connectivity index (χ4n) is 2.17. The van der Waals surface area contributed by atoms with Crippen LogP contribution in [0.5, 0.6) is 0 Å². The summed E-state index contributed by atoms with van der Waals surface area (Å²) in [5, 5.41) is 12.7. The third kappa shape index (κ3) is 1.88. The van der Waals surface area contributed by atoms with Gasteiger partial charge in [0.05, 0.1) is 18.2 Å². The van der Waals surface area contributed by atoms with Gasteiger partial charge in [-0.25, -0.2) is 9.97 Å². The van der Waals surface area contributed by atoms with Crippen molar-refractivity contribution in [3.8, 4) is 0 Å². The van der Waals surface area contributed by atoms with Crippen molar-refractivity contribution in [2.45, 2.75) is 6.04 Å². The van der Waals surface area contributed by atoms with Crippen LogP contribution in [-0.2, 0) is 0 Å². The van der Waals surface area contributed by atoms with Gasteiger partial charge in [0, 0.05) is 19.6 Å². The summed E-state index contributed by atoms with van der Waals surface area (Å²) in [6.07, 6.45) is 0. The highest BCUT2D eigenvalue weighted by atomic mass is 32.1. The van der Waals surface area contributed by atoms with Crippen LogP contribution in [0, 0.1) is 0 Å². The average molecular weight is 266 g/mol. The van der Waals surface area contributed by atoms with E-state index < -0.39 is 0 Å². The van der Waals surface area contributed by atoms with Crippen LogP contribution in [0.1, 0.15) is 0 Å². The molecule has 0 bridgehead atoms. The molecule has 0 spiro atoms. The average Bonchev–Trinajstić information content (AvgIpc) is 2.85. The first-order valence-electron chi connectivity index (χ1n) is 5.74. The van der Waals surface area contributed by atoms with Gasteiger partial charge in [0.2, 0.25) is 5.95 Å². The maximum atomic E-state index is 9.44. The number of fused-ring (bicyclic) bond motifs is 1. The lowest BCUT2D eigenvalue weighted by Crippen LogP contribution is -2.53. The first-order chi connectivity index (χ1) is 8.79. The number of aliphatic hydroxyl groups is 1. The van der Waals surface area contributed by atoms with Crippen molar-refractivity contribution in [1.29, 1.82) is 0 Å². The second kappa shape index (κ2) is 4.63. The Morgan fingerprint density at radius 2 is 2.44 bits per heavy atom. The van der Waals surface area contributed by atoms with Gasteiger partial charge in [-0.05, 0) is 0 Å². The van der Waals surface area contributed by atoms with Crippen LogP contribution in [0.2, 0.25) is 0 Å². The highest BCUT2D eigenvalue weighted by Gasteiger charge is 2.25. The number of hydrogen-bond acceptors (Lipinski definition) is 8. The molecule has 0 aromatic carbocycles. The Kier molecular flexibility index (Phi) is 2.98. The van der Waals surface area contributed by atoms with E-state index in [0.717, 1.165) is 35.8 Å². The quantitative estimate of drug-likeness (QED) is 0.670. The minimum Gasteiger partial charge on any atom is -0.394 e. The van der Waals surface area contributed by atoms with Gasteiger partial charge >= 0.3 is 0 Å². The number of aromatic nitrogens is 3. The Labute approximate surface area is 108 Å². The van der Waals surface area contributed by atoms with Crippen molar-refractivity contribution in [3.63, 3.8) is 0 Å². The summed E-state index contributed by atoms with van der Waals surface area (Å²) >= 11 is 1.44. The topological polar surface area (TPSA) is 100 Å². The molecule has 8 heteroatoms. The molecule has 18 heavy (non-hydrogen) atoms. The normalized spacial score (nSPS) is 20.5. The standard InChI is InChI=1S/C10H14N6OS/c11-10-14-8(7-9(15-10)18-5-13-7)16-2-1-12-3-6(16)4-17/h5-6,12,17H,1-4H2,(H2,11,14,15)/t6-/m1/s1. The number of rotatable bonds is 2. The number of anilines is 2. The second-order valence-electron chi connectivity index (χ2n) is 4.15. The molecule has 0 radical (unpaired) electrons. The highest BCUT2D eigenvalue weighted by molar-refractivity contribution is 7.16. The third-order valence-electron chi connectivity index (χ3n) is 3.03. The summed E-state index contributed by atoms with van der Waals surface area (Å²) in [6, 6.07) is -0.00190. The summed E-state index contributed by atoms with van der Waals surface area (Å²) < 4.78 is 0. The van der Waals surface area contributed by atoms with Crippen molar-refractivity contribution in [1.82, 2.24) is 20.3 Å². The lowest BCUT2D eigenvalue weighted by Gasteiger charge is -2.36. The van der Waals surface area contributed by atoms with Crippen molar-refractivity contribution in [3.05, 3.63) is 5.51 Å². The lowest BCUT2D eigenvalue weighted by molar-refractivity contribution is 0.246. The van der Waals surface area contributed by atoms with Gasteiger partial charge in [-0.1, -0.05) is 0 Å². The van der Waals surface area contributed by atoms with Crippen LogP contribution in [0.4, 0.5) is 11.8 Å². The summed E-state index contributed by atoms with van der Waals surface area (Å²) in [5.74, 6) is 0.969. The van der Waals surface area contributed by atoms with Gasteiger partial charge in [0.25, 0.3) is 0 Å². The molecule has 1 aliphatic rings. The molecule has 1 fully saturated rings. The van der Waals surface area contributed by atoms with E-state index in [0.29, 0.717) is 0 Å². The molecular formula is C10H14N6OS. The maximum absolute atomic E-state index is 9.44. The molecule has 0 aliphatic carbocycles. The number of hydrogen-bond donors (Lipinski definition) is 3. The molecule has 2 aromatic rings. The molecule has 1 saturated heterocycles. The van der Waals surface area contributed by atoms with Gasteiger partial charge in [-0.3, -0.25) is 0 Å². The van der Waals surface area contributed by atoms with Crippen LogP contribution in [0.25, 0.3) is 10.3 Å². The molecule has 3 rings (SSSR count). The fourth-order valence-corrected chi connectivity index (χ4v) is 2.83. The molecule has 4 N–H and O–H groups in total. The summed E-state index contributed by atoms with van der Waals surface area (Å²) in [4.78, 5) is 15.6. The summed E-state index contributed by atoms with van der Waals surface area (Å²) in [7, 11) is 0. The number of nitrogens with one attached hydrogen (secondary N) is 1. The Morgan fingerprint density at radius 1 is 1.56 bits per heavy atom. The van der Waals surface area contributed by atoms with E-state index in [2.05, 4.69) is 25.2 Å². The summed E-state index contributed by atoms with van der Waals surface area (Å²) in [6.45, 7) is 2.43. The molecule has 96 valence electrons. The van der Waals surface area contributed by atoms with Crippen LogP contribution >= 0.6 is 11.3 Å². The first kappa shape index (κ1) is 11.6. The van der Waals surface area contributed by atoms with Gasteiger partial charge in [0.1, 0.15) is 5.52 Å². The number of thiazole rings is 1. The van der Waals surface area contributed by atoms with E-state index in [1.807, 2.05) is 0 Å². The highest BCUT2D eigenvalue weighted by Crippen LogP contribution is 2.27. The second-order valence-corrected chi connectivity index (χ2v) is 4.98. The zero-order chi connectivity index (χ0) is 12.5. The SMILES string of the molecule is Nc1nc(N2CCNC[C@@H]2CO)c2ncsc2n1. The van der Waals surface area contributed by atoms with E-state index in [4.69, 9.17) is 5.73 Å². The zero-order valence-electron chi connectivity index (χ0n) is 9.70. The predicted octanol–water partition coefficient (Wildman–Crippen LogP) is -0.561. The van der Waals surface area contributed by atoms with Crippen molar-refractivity contribution < 1.29 is 5.11 Å². The Balaban J connectivity index is 2.08. The molecule has 0 saturated carbocycles. The van der Waals surface area contributed by atoms with Crippen molar-refractivity contribution >= 4 is 33.5 Å². The molecule has 1 atom stereocenters. The van der Waals surface area contributed by atoms with Crippen LogP contribution in [0.15, 0.2) is 5.51 Å². The molecular weight excluding hydrogens is 252 g/mol. The van der Waals surface area contributed by atoms with Gasteiger partial charge < -0.3 is 21.1 Å². The number of nitrogen functional groups attached to an aromatic ring is 1. The number of aliphatic hydroxyl groups excluding tert-OH is 1. The van der Waals surface area contributed by atoms with Gasteiger partial charge in [-0.15, -0.1) is 11.3 Å².